The molecule has 1 aliphatic rings. The van der Waals surface area contributed by atoms with Crippen molar-refractivity contribution in [1.82, 2.24) is 10.2 Å². The van der Waals surface area contributed by atoms with Crippen LogP contribution in [-0.2, 0) is 4.79 Å². The Morgan fingerprint density at radius 3 is 2.41 bits per heavy atom. The van der Waals surface area contributed by atoms with E-state index in [1.54, 1.807) is 36.4 Å². The molecule has 1 aliphatic heterocycles. The van der Waals surface area contributed by atoms with Gasteiger partial charge in [0.2, 0.25) is 5.91 Å². The van der Waals surface area contributed by atoms with Gasteiger partial charge in [-0.1, -0.05) is 56.3 Å². The first kappa shape index (κ1) is 20.8. The van der Waals surface area contributed by atoms with Crippen LogP contribution >= 0.6 is 0 Å². The van der Waals surface area contributed by atoms with Crippen LogP contribution in [0.5, 0.6) is 0 Å². The summed E-state index contributed by atoms with van der Waals surface area (Å²) in [5.74, 6) is -0.961. The first-order valence-electron chi connectivity index (χ1n) is 9.56. The van der Waals surface area contributed by atoms with Gasteiger partial charge in [0.05, 0.1) is 12.6 Å². The van der Waals surface area contributed by atoms with E-state index in [4.69, 9.17) is 0 Å². The van der Waals surface area contributed by atoms with E-state index in [1.807, 2.05) is 19.9 Å². The Morgan fingerprint density at radius 1 is 1.14 bits per heavy atom. The maximum absolute atomic E-state index is 14.6. The summed E-state index contributed by atoms with van der Waals surface area (Å²) in [5.41, 5.74) is 1.82. The molecule has 0 spiro atoms. The molecule has 1 heterocycles. The van der Waals surface area contributed by atoms with Crippen molar-refractivity contribution in [3.8, 4) is 0 Å². The van der Waals surface area contributed by atoms with Gasteiger partial charge in [0.1, 0.15) is 18.0 Å². The summed E-state index contributed by atoms with van der Waals surface area (Å²) in [6.07, 6.45) is -2.92. The highest BCUT2D eigenvalue weighted by Crippen LogP contribution is 2.28. The van der Waals surface area contributed by atoms with Gasteiger partial charge in [-0.3, -0.25) is 9.69 Å². The minimum Gasteiger partial charge on any atom is -0.465 e. The van der Waals surface area contributed by atoms with Crippen LogP contribution < -0.4 is 5.32 Å². The first-order valence-corrected chi connectivity index (χ1v) is 9.56. The highest BCUT2D eigenvalue weighted by atomic mass is 19.1. The first-order chi connectivity index (χ1) is 13.8. The molecule has 2 aromatic rings. The van der Waals surface area contributed by atoms with Crippen LogP contribution in [0, 0.1) is 5.82 Å². The number of carbonyl (C=O) groups excluding carboxylic acids is 1. The number of hydrogen-bond donors (Lipinski definition) is 2. The van der Waals surface area contributed by atoms with Crippen LogP contribution in [0.3, 0.4) is 0 Å². The Balaban J connectivity index is 1.92. The quantitative estimate of drug-likeness (QED) is 0.786. The third-order valence-corrected chi connectivity index (χ3v) is 5.20. The van der Waals surface area contributed by atoms with Crippen molar-refractivity contribution in [3.63, 3.8) is 0 Å². The van der Waals surface area contributed by atoms with Crippen LogP contribution in [0.2, 0.25) is 0 Å². The van der Waals surface area contributed by atoms with Crippen LogP contribution in [-0.4, -0.2) is 40.8 Å². The maximum atomic E-state index is 14.6. The van der Waals surface area contributed by atoms with E-state index in [-0.39, 0.29) is 24.7 Å². The molecule has 1 fully saturated rings. The van der Waals surface area contributed by atoms with Gasteiger partial charge in [-0.15, -0.1) is 0 Å². The molecule has 2 aromatic carbocycles. The standard InChI is InChI=1S/C22H24F2N2O3/c1-13(2)17-9-8-15(10-18(17)24)20(14-6-4-3-5-7-14)25-21(27)19-11-16(23)12-26(19)22(28)29/h3-10,13,16,19-20H,11-12H2,1-2H3,(H,25,27)(H,28,29)/t16?,19-,20?/m1/s1. The number of rotatable bonds is 5. The van der Waals surface area contributed by atoms with Gasteiger partial charge >= 0.3 is 6.09 Å². The molecule has 2 amide bonds. The van der Waals surface area contributed by atoms with Crippen LogP contribution in [0.4, 0.5) is 13.6 Å². The van der Waals surface area contributed by atoms with E-state index in [2.05, 4.69) is 5.32 Å². The zero-order valence-electron chi connectivity index (χ0n) is 16.3. The van der Waals surface area contributed by atoms with E-state index in [1.165, 1.54) is 6.07 Å². The van der Waals surface area contributed by atoms with E-state index in [0.717, 1.165) is 4.90 Å². The smallest absolute Gasteiger partial charge is 0.408 e. The molecule has 0 aliphatic carbocycles. The van der Waals surface area contributed by atoms with E-state index >= 15 is 0 Å². The van der Waals surface area contributed by atoms with Crippen molar-refractivity contribution >= 4 is 12.0 Å². The van der Waals surface area contributed by atoms with E-state index < -0.39 is 30.3 Å². The fraction of sp³-hybridized carbons (Fsp3) is 0.364. The second-order valence-corrected chi connectivity index (χ2v) is 7.57. The number of carboxylic acid groups (broad SMARTS) is 1. The van der Waals surface area contributed by atoms with Crippen molar-refractivity contribution < 1.29 is 23.5 Å². The van der Waals surface area contributed by atoms with Crippen molar-refractivity contribution in [2.45, 2.75) is 44.4 Å². The molecule has 1 saturated heterocycles. The molecule has 3 rings (SSSR count). The molecule has 154 valence electrons. The summed E-state index contributed by atoms with van der Waals surface area (Å²) >= 11 is 0. The molecule has 5 nitrogen and oxygen atoms in total. The minimum absolute atomic E-state index is 0.0120. The Labute approximate surface area is 168 Å². The number of amides is 2. The maximum Gasteiger partial charge on any atom is 0.408 e. The van der Waals surface area contributed by atoms with Gasteiger partial charge in [0, 0.05) is 6.42 Å². The summed E-state index contributed by atoms with van der Waals surface area (Å²) in [6.45, 7) is 3.45. The number of nitrogens with one attached hydrogen (secondary N) is 1. The predicted molar refractivity (Wildman–Crippen MR) is 105 cm³/mol. The van der Waals surface area contributed by atoms with Crippen LogP contribution in [0.25, 0.3) is 0 Å². The second kappa shape index (κ2) is 8.59. The Bertz CT molecular complexity index is 889. The number of benzene rings is 2. The summed E-state index contributed by atoms with van der Waals surface area (Å²) in [6, 6.07) is 12.0. The molecule has 2 N–H and O–H groups in total. The fourth-order valence-electron chi connectivity index (χ4n) is 3.68. The molecule has 3 atom stereocenters. The van der Waals surface area contributed by atoms with Gasteiger partial charge in [0.15, 0.2) is 0 Å². The largest absolute Gasteiger partial charge is 0.465 e. The molecule has 0 saturated carbocycles. The van der Waals surface area contributed by atoms with Crippen molar-refractivity contribution in [3.05, 3.63) is 71.0 Å². The molecule has 0 aromatic heterocycles. The van der Waals surface area contributed by atoms with Crippen molar-refractivity contribution in [2.75, 3.05) is 6.54 Å². The Morgan fingerprint density at radius 2 is 1.83 bits per heavy atom. The van der Waals surface area contributed by atoms with Crippen molar-refractivity contribution in [2.24, 2.45) is 0 Å². The molecule has 0 radical (unpaired) electrons. The molecule has 7 heteroatoms. The molecule has 29 heavy (non-hydrogen) atoms. The van der Waals surface area contributed by atoms with Crippen LogP contribution in [0.15, 0.2) is 48.5 Å². The predicted octanol–water partition coefficient (Wildman–Crippen LogP) is 4.25. The van der Waals surface area contributed by atoms with Crippen molar-refractivity contribution in [1.29, 1.82) is 0 Å². The summed E-state index contributed by atoms with van der Waals surface area (Å²) < 4.78 is 28.4. The summed E-state index contributed by atoms with van der Waals surface area (Å²) in [5, 5.41) is 12.1. The molecular weight excluding hydrogens is 378 g/mol. The van der Waals surface area contributed by atoms with Gasteiger partial charge in [0.25, 0.3) is 0 Å². The highest BCUT2D eigenvalue weighted by molar-refractivity contribution is 5.86. The SMILES string of the molecule is CC(C)c1ccc(C(NC(=O)[C@H]2CC(F)CN2C(=O)O)c2ccccc2)cc1F. The average molecular weight is 402 g/mol. The Kier molecular flexibility index (Phi) is 6.15. The zero-order valence-corrected chi connectivity index (χ0v) is 16.3. The second-order valence-electron chi connectivity index (χ2n) is 7.57. The van der Waals surface area contributed by atoms with E-state index in [9.17, 15) is 23.5 Å². The van der Waals surface area contributed by atoms with Crippen LogP contribution in [0.1, 0.15) is 48.9 Å². The minimum atomic E-state index is -1.39. The lowest BCUT2D eigenvalue weighted by molar-refractivity contribution is -0.125. The van der Waals surface area contributed by atoms with Gasteiger partial charge in [-0.05, 0) is 28.7 Å². The lowest BCUT2D eigenvalue weighted by atomic mass is 9.94. The van der Waals surface area contributed by atoms with Gasteiger partial charge in [-0.2, -0.15) is 0 Å². The summed E-state index contributed by atoms with van der Waals surface area (Å²) in [4.78, 5) is 25.0. The number of hydrogen-bond acceptors (Lipinski definition) is 2. The third-order valence-electron chi connectivity index (χ3n) is 5.20. The third kappa shape index (κ3) is 4.55. The lowest BCUT2D eigenvalue weighted by Gasteiger charge is -2.25. The number of likely N-dealkylation sites (tertiary alicyclic amines) is 1. The number of alkyl halides is 1. The number of nitrogens with zero attached hydrogens (tertiary/aromatic N) is 1. The molecular formula is C22H24F2N2O3. The topological polar surface area (TPSA) is 69.6 Å². The zero-order chi connectivity index (χ0) is 21.1. The Hall–Kier alpha value is -2.96. The normalized spacial score (nSPS) is 20.0. The fourth-order valence-corrected chi connectivity index (χ4v) is 3.68. The van der Waals surface area contributed by atoms with Gasteiger partial charge < -0.3 is 10.4 Å². The highest BCUT2D eigenvalue weighted by Gasteiger charge is 2.40. The number of halogens is 2. The summed E-state index contributed by atoms with van der Waals surface area (Å²) in [7, 11) is 0. The van der Waals surface area contributed by atoms with E-state index in [0.29, 0.717) is 16.7 Å². The number of carbonyl (C=O) groups is 2. The molecule has 0 bridgehead atoms. The average Bonchev–Trinajstić information content (AvgIpc) is 3.08. The molecule has 2 unspecified atom stereocenters. The monoisotopic (exact) mass is 402 g/mol. The van der Waals surface area contributed by atoms with Gasteiger partial charge in [-0.25, -0.2) is 13.6 Å². The lowest BCUT2D eigenvalue weighted by Crippen LogP contribution is -2.46.